The zero-order valence-corrected chi connectivity index (χ0v) is 24.8. The van der Waals surface area contributed by atoms with Crippen molar-refractivity contribution in [2.75, 3.05) is 38.8 Å². The number of carbonyl (C=O) groups is 2. The number of amides is 1. The Balaban J connectivity index is 0.000000188. The van der Waals surface area contributed by atoms with Crippen LogP contribution in [0.2, 0.25) is 0 Å². The van der Waals surface area contributed by atoms with E-state index in [1.165, 1.54) is 12.0 Å². The average molecular weight is 573 g/mol. The minimum absolute atomic E-state index is 0.0242. The van der Waals surface area contributed by atoms with Crippen LogP contribution in [0.4, 0.5) is 5.69 Å². The first-order valence-electron chi connectivity index (χ1n) is 15.2. The van der Waals surface area contributed by atoms with E-state index in [9.17, 15) is 9.59 Å². The summed E-state index contributed by atoms with van der Waals surface area (Å²) in [5.74, 6) is 1.81. The number of carboxylic acids is 1. The first-order chi connectivity index (χ1) is 20.3. The summed E-state index contributed by atoms with van der Waals surface area (Å²) in [5.41, 5.74) is 3.97. The molecule has 1 spiro atoms. The van der Waals surface area contributed by atoms with Gasteiger partial charge in [-0.1, -0.05) is 48.9 Å². The summed E-state index contributed by atoms with van der Waals surface area (Å²) in [5, 5.41) is 9.09. The molecular formula is C34H40N2O6. The van der Waals surface area contributed by atoms with Crippen LogP contribution in [-0.2, 0) is 25.2 Å². The van der Waals surface area contributed by atoms with E-state index in [0.717, 1.165) is 36.5 Å². The maximum absolute atomic E-state index is 13.5. The number of rotatable bonds is 5. The SMILES string of the molecule is CCC(C)(C(=O)O)c1ccccc1.COc1cc2c(cc1OC)C13CCN4CC5=CCOC6CC(=O)N2C1C6C5CC43. The van der Waals surface area contributed by atoms with Gasteiger partial charge in [0.1, 0.15) is 0 Å². The van der Waals surface area contributed by atoms with Gasteiger partial charge in [0.2, 0.25) is 5.91 Å². The van der Waals surface area contributed by atoms with Crippen molar-refractivity contribution < 1.29 is 28.9 Å². The second-order valence-corrected chi connectivity index (χ2v) is 12.8. The Morgan fingerprint density at radius 1 is 1.17 bits per heavy atom. The zero-order valence-electron chi connectivity index (χ0n) is 24.8. The molecule has 7 unspecified atom stereocenters. The molecule has 1 aliphatic carbocycles. The molecule has 6 aliphatic rings. The molecule has 8 rings (SSSR count). The number of fused-ring (bicyclic) bond motifs is 2. The third-order valence-corrected chi connectivity index (χ3v) is 11.4. The fourth-order valence-corrected chi connectivity index (χ4v) is 9.16. The number of anilines is 1. The second kappa shape index (κ2) is 9.85. The highest BCUT2D eigenvalue weighted by Crippen LogP contribution is 2.66. The molecule has 3 saturated heterocycles. The van der Waals surface area contributed by atoms with Crippen molar-refractivity contribution in [3.8, 4) is 11.5 Å². The van der Waals surface area contributed by atoms with E-state index >= 15 is 0 Å². The van der Waals surface area contributed by atoms with E-state index in [0.29, 0.717) is 43.1 Å². The second-order valence-electron chi connectivity index (χ2n) is 12.8. The van der Waals surface area contributed by atoms with Crippen LogP contribution in [0.5, 0.6) is 11.5 Å². The molecule has 5 heterocycles. The number of ether oxygens (including phenoxy) is 3. The molecule has 222 valence electrons. The van der Waals surface area contributed by atoms with Gasteiger partial charge in [0.15, 0.2) is 11.5 Å². The minimum atomic E-state index is -0.763. The Morgan fingerprint density at radius 3 is 2.60 bits per heavy atom. The van der Waals surface area contributed by atoms with Crippen LogP contribution in [-0.4, -0.2) is 74.0 Å². The third-order valence-electron chi connectivity index (χ3n) is 11.4. The fraction of sp³-hybridized carbons (Fsp3) is 0.529. The summed E-state index contributed by atoms with van der Waals surface area (Å²) in [4.78, 5) is 29.3. The topological polar surface area (TPSA) is 88.5 Å². The Kier molecular flexibility index (Phi) is 6.44. The standard InChI is InChI=1S/C23H26N2O4.C11H14O2/c1-27-16-8-14-15(9-17(16)28-2)25-20(26)10-18-21-13-7-19-23(14,22(21)25)4-5-24(19)11-12(13)3-6-29-18;1-3-11(2,10(12)13)9-7-5-4-6-8-9/h3,8-9,13,18-19,21-22H,4-7,10-11H2,1-2H3;4-8H,3H2,1-2H3,(H,12,13). The number of methoxy groups -OCH3 is 2. The Bertz CT molecular complexity index is 1460. The molecule has 7 atom stereocenters. The van der Waals surface area contributed by atoms with Crippen molar-refractivity contribution in [2.45, 2.75) is 68.5 Å². The van der Waals surface area contributed by atoms with Crippen LogP contribution in [0.1, 0.15) is 50.7 Å². The van der Waals surface area contributed by atoms with Crippen molar-refractivity contribution in [1.82, 2.24) is 4.90 Å². The highest BCUT2D eigenvalue weighted by Gasteiger charge is 2.71. The molecule has 0 aromatic heterocycles. The molecule has 42 heavy (non-hydrogen) atoms. The van der Waals surface area contributed by atoms with Gasteiger partial charge < -0.3 is 24.2 Å². The van der Waals surface area contributed by atoms with Gasteiger partial charge in [-0.25, -0.2) is 0 Å². The number of nitrogens with zero attached hydrogens (tertiary/aromatic N) is 2. The van der Waals surface area contributed by atoms with Crippen LogP contribution < -0.4 is 14.4 Å². The normalized spacial score (nSPS) is 33.0. The third kappa shape index (κ3) is 3.60. The molecular weight excluding hydrogens is 532 g/mol. The monoisotopic (exact) mass is 572 g/mol. The summed E-state index contributed by atoms with van der Waals surface area (Å²) in [7, 11) is 3.36. The van der Waals surface area contributed by atoms with E-state index in [2.05, 4.69) is 21.9 Å². The lowest BCUT2D eigenvalue weighted by atomic mass is 9.53. The molecule has 2 bridgehead atoms. The number of benzene rings is 2. The van der Waals surface area contributed by atoms with E-state index < -0.39 is 11.4 Å². The van der Waals surface area contributed by atoms with Gasteiger partial charge in [0.05, 0.1) is 50.5 Å². The Hall–Kier alpha value is -3.36. The van der Waals surface area contributed by atoms with Gasteiger partial charge >= 0.3 is 5.97 Å². The van der Waals surface area contributed by atoms with Crippen LogP contribution in [0.3, 0.4) is 0 Å². The first kappa shape index (κ1) is 27.5. The maximum Gasteiger partial charge on any atom is 0.313 e. The zero-order chi connectivity index (χ0) is 29.4. The quantitative estimate of drug-likeness (QED) is 0.526. The maximum atomic E-state index is 13.5. The summed E-state index contributed by atoms with van der Waals surface area (Å²) in [6.45, 7) is 6.45. The van der Waals surface area contributed by atoms with Gasteiger partial charge in [-0.2, -0.15) is 0 Å². The van der Waals surface area contributed by atoms with Gasteiger partial charge in [-0.05, 0) is 55.8 Å². The van der Waals surface area contributed by atoms with E-state index in [-0.39, 0.29) is 23.5 Å². The largest absolute Gasteiger partial charge is 0.493 e. The molecule has 8 heteroatoms. The molecule has 0 radical (unpaired) electrons. The van der Waals surface area contributed by atoms with Gasteiger partial charge in [0, 0.05) is 30.0 Å². The average Bonchev–Trinajstić information content (AvgIpc) is 3.48. The number of carbonyl (C=O) groups excluding carboxylic acids is 1. The summed E-state index contributed by atoms with van der Waals surface area (Å²) in [6.07, 6.45) is 5.71. The molecule has 8 nitrogen and oxygen atoms in total. The smallest absolute Gasteiger partial charge is 0.313 e. The molecule has 1 N–H and O–H groups in total. The first-order valence-corrected chi connectivity index (χ1v) is 15.2. The van der Waals surface area contributed by atoms with E-state index in [1.54, 1.807) is 26.7 Å². The summed E-state index contributed by atoms with van der Waals surface area (Å²) >= 11 is 0. The number of carboxylic acid groups (broad SMARTS) is 1. The van der Waals surface area contributed by atoms with Gasteiger partial charge in [-0.15, -0.1) is 0 Å². The van der Waals surface area contributed by atoms with Gasteiger partial charge in [0.25, 0.3) is 0 Å². The predicted octanol–water partition coefficient (Wildman–Crippen LogP) is 4.55. The highest BCUT2D eigenvalue weighted by atomic mass is 16.5. The van der Waals surface area contributed by atoms with Crippen molar-refractivity contribution in [3.63, 3.8) is 0 Å². The molecule has 2 aromatic rings. The van der Waals surface area contributed by atoms with Crippen molar-refractivity contribution >= 4 is 17.6 Å². The Morgan fingerprint density at radius 2 is 1.90 bits per heavy atom. The molecule has 4 fully saturated rings. The van der Waals surface area contributed by atoms with Crippen LogP contribution in [0, 0.1) is 11.8 Å². The summed E-state index contributed by atoms with van der Waals surface area (Å²) < 4.78 is 17.6. The molecule has 5 aliphatic heterocycles. The summed E-state index contributed by atoms with van der Waals surface area (Å²) in [6, 6.07) is 14.2. The van der Waals surface area contributed by atoms with E-state index in [4.69, 9.17) is 19.3 Å². The number of aliphatic carboxylic acids is 1. The lowest BCUT2D eigenvalue weighted by molar-refractivity contribution is -0.143. The molecule has 2 aromatic carbocycles. The molecule has 1 amide bonds. The van der Waals surface area contributed by atoms with E-state index in [1.807, 2.05) is 43.3 Å². The lowest BCUT2D eigenvalue weighted by Crippen LogP contribution is -2.69. The lowest BCUT2D eigenvalue weighted by Gasteiger charge is -2.58. The highest BCUT2D eigenvalue weighted by molar-refractivity contribution is 5.99. The number of piperidine rings is 2. The van der Waals surface area contributed by atoms with Crippen LogP contribution >= 0.6 is 0 Å². The van der Waals surface area contributed by atoms with Gasteiger partial charge in [-0.3, -0.25) is 14.5 Å². The predicted molar refractivity (Wildman–Crippen MR) is 158 cm³/mol. The number of hydrogen-bond donors (Lipinski definition) is 1. The van der Waals surface area contributed by atoms with Crippen molar-refractivity contribution in [2.24, 2.45) is 11.8 Å². The minimum Gasteiger partial charge on any atom is -0.493 e. The molecule has 1 saturated carbocycles. The van der Waals surface area contributed by atoms with Crippen molar-refractivity contribution in [1.29, 1.82) is 0 Å². The van der Waals surface area contributed by atoms with Crippen LogP contribution in [0.15, 0.2) is 54.1 Å². The van der Waals surface area contributed by atoms with Crippen LogP contribution in [0.25, 0.3) is 0 Å². The number of hydrogen-bond acceptors (Lipinski definition) is 6. The van der Waals surface area contributed by atoms with Crippen molar-refractivity contribution in [3.05, 3.63) is 65.2 Å². The fourth-order valence-electron chi connectivity index (χ4n) is 9.16. The Labute approximate surface area is 247 Å².